The van der Waals surface area contributed by atoms with Crippen molar-refractivity contribution in [1.29, 1.82) is 0 Å². The maximum Gasteiger partial charge on any atom is 0.280 e. The number of hydrogen-bond donors (Lipinski definition) is 2. The Kier molecular flexibility index (Phi) is 1.25. The smallest absolute Gasteiger partial charge is 0.280 e. The van der Waals surface area contributed by atoms with Gasteiger partial charge in [-0.3, -0.25) is 4.79 Å². The Morgan fingerprint density at radius 2 is 2.07 bits per heavy atom. The number of rotatable bonds is 0. The van der Waals surface area contributed by atoms with Gasteiger partial charge in [0.15, 0.2) is 0 Å². The molecule has 0 spiro atoms. The molecule has 3 aromatic rings. The van der Waals surface area contributed by atoms with Crippen molar-refractivity contribution in [3.8, 4) is 0 Å². The van der Waals surface area contributed by atoms with E-state index in [4.69, 9.17) is 0 Å². The fourth-order valence-corrected chi connectivity index (χ4v) is 1.57. The highest BCUT2D eigenvalue weighted by molar-refractivity contribution is 6.02. The standard InChI is InChI=1S/C9H6N4O/c14-9-5-1-2-7-6(3-12-13-7)8(5)10-4-11-9/h1-4,12-13H. The van der Waals surface area contributed by atoms with E-state index in [0.29, 0.717) is 10.9 Å². The van der Waals surface area contributed by atoms with Crippen LogP contribution in [0.1, 0.15) is 0 Å². The summed E-state index contributed by atoms with van der Waals surface area (Å²) in [4.78, 5) is 19.1. The van der Waals surface area contributed by atoms with Gasteiger partial charge in [-0.05, 0) is 12.1 Å². The van der Waals surface area contributed by atoms with E-state index in [-0.39, 0.29) is 5.56 Å². The third-order valence-electron chi connectivity index (χ3n) is 2.23. The van der Waals surface area contributed by atoms with Gasteiger partial charge < -0.3 is 10.2 Å². The minimum absolute atomic E-state index is 0.238. The van der Waals surface area contributed by atoms with Gasteiger partial charge >= 0.3 is 0 Å². The Balaban J connectivity index is 2.71. The molecule has 0 aliphatic carbocycles. The Bertz CT molecular complexity index is 667. The summed E-state index contributed by atoms with van der Waals surface area (Å²) < 4.78 is 0. The van der Waals surface area contributed by atoms with Crippen LogP contribution < -0.4 is 5.56 Å². The largest absolute Gasteiger partial charge is 0.307 e. The monoisotopic (exact) mass is 186 g/mol. The SMILES string of the molecule is O=c1ncnc2c1ccc1[nH][nH]cc12. The lowest BCUT2D eigenvalue weighted by molar-refractivity contribution is 1.12. The summed E-state index contributed by atoms with van der Waals surface area (Å²) in [6.07, 6.45) is 3.07. The summed E-state index contributed by atoms with van der Waals surface area (Å²) in [6.45, 7) is 0. The van der Waals surface area contributed by atoms with E-state index >= 15 is 0 Å². The van der Waals surface area contributed by atoms with Crippen molar-refractivity contribution in [2.75, 3.05) is 0 Å². The normalized spacial score (nSPS) is 11.1. The van der Waals surface area contributed by atoms with Gasteiger partial charge in [-0.15, -0.1) is 0 Å². The van der Waals surface area contributed by atoms with Crippen molar-refractivity contribution >= 4 is 21.8 Å². The molecule has 0 saturated carbocycles. The van der Waals surface area contributed by atoms with Crippen molar-refractivity contribution in [2.24, 2.45) is 0 Å². The Labute approximate surface area is 77.8 Å². The van der Waals surface area contributed by atoms with Gasteiger partial charge in [-0.25, -0.2) is 4.98 Å². The zero-order chi connectivity index (χ0) is 9.54. The molecule has 2 heterocycles. The van der Waals surface area contributed by atoms with Gasteiger partial charge in [-0.1, -0.05) is 0 Å². The van der Waals surface area contributed by atoms with Gasteiger partial charge in [0.2, 0.25) is 0 Å². The molecule has 3 rings (SSSR count). The van der Waals surface area contributed by atoms with Crippen LogP contribution >= 0.6 is 0 Å². The Morgan fingerprint density at radius 1 is 1.14 bits per heavy atom. The fraction of sp³-hybridized carbons (Fsp3) is 0. The van der Waals surface area contributed by atoms with Gasteiger partial charge in [0, 0.05) is 11.6 Å². The molecule has 0 fully saturated rings. The summed E-state index contributed by atoms with van der Waals surface area (Å²) in [5.41, 5.74) is 1.37. The molecule has 2 aromatic heterocycles. The number of hydrogen-bond acceptors (Lipinski definition) is 3. The maximum atomic E-state index is 11.4. The van der Waals surface area contributed by atoms with E-state index in [9.17, 15) is 4.79 Å². The van der Waals surface area contributed by atoms with Gasteiger partial charge in [-0.2, -0.15) is 4.98 Å². The number of aromatic nitrogens is 4. The van der Waals surface area contributed by atoms with Crippen molar-refractivity contribution in [3.05, 3.63) is 35.0 Å². The molecular formula is C9H6N4O. The van der Waals surface area contributed by atoms with E-state index in [1.807, 2.05) is 6.07 Å². The van der Waals surface area contributed by atoms with Gasteiger partial charge in [0.1, 0.15) is 6.33 Å². The molecule has 0 saturated heterocycles. The van der Waals surface area contributed by atoms with Crippen LogP contribution in [-0.4, -0.2) is 20.2 Å². The first-order valence-corrected chi connectivity index (χ1v) is 4.16. The minimum Gasteiger partial charge on any atom is -0.307 e. The molecule has 0 amide bonds. The lowest BCUT2D eigenvalue weighted by Crippen LogP contribution is -2.05. The molecule has 5 heteroatoms. The molecule has 5 nitrogen and oxygen atoms in total. The topological polar surface area (TPSA) is 74.4 Å². The molecule has 0 aliphatic heterocycles. The van der Waals surface area contributed by atoms with Crippen LogP contribution in [0.3, 0.4) is 0 Å². The molecule has 0 unspecified atom stereocenters. The number of aromatic amines is 2. The van der Waals surface area contributed by atoms with Crippen molar-refractivity contribution < 1.29 is 0 Å². The average molecular weight is 186 g/mol. The number of nitrogens with zero attached hydrogens (tertiary/aromatic N) is 2. The minimum atomic E-state index is -0.238. The predicted octanol–water partition coefficient (Wildman–Crippen LogP) is 0.799. The highest BCUT2D eigenvalue weighted by Gasteiger charge is 2.04. The van der Waals surface area contributed by atoms with E-state index in [0.717, 1.165) is 10.9 Å². The molecule has 68 valence electrons. The number of fused-ring (bicyclic) bond motifs is 3. The second kappa shape index (κ2) is 2.41. The maximum absolute atomic E-state index is 11.4. The molecule has 0 aliphatic rings. The molecule has 0 atom stereocenters. The predicted molar refractivity (Wildman–Crippen MR) is 52.0 cm³/mol. The average Bonchev–Trinajstić information content (AvgIpc) is 2.66. The molecule has 2 N–H and O–H groups in total. The summed E-state index contributed by atoms with van der Waals surface area (Å²) >= 11 is 0. The van der Waals surface area contributed by atoms with Crippen LogP contribution in [0.5, 0.6) is 0 Å². The first-order valence-electron chi connectivity index (χ1n) is 4.16. The zero-order valence-electron chi connectivity index (χ0n) is 7.11. The molecule has 14 heavy (non-hydrogen) atoms. The lowest BCUT2D eigenvalue weighted by Gasteiger charge is -1.94. The second-order valence-corrected chi connectivity index (χ2v) is 3.02. The van der Waals surface area contributed by atoms with Crippen molar-refractivity contribution in [2.45, 2.75) is 0 Å². The Hall–Kier alpha value is -2.17. The Morgan fingerprint density at radius 3 is 3.00 bits per heavy atom. The highest BCUT2D eigenvalue weighted by atomic mass is 16.1. The van der Waals surface area contributed by atoms with Gasteiger partial charge in [0.25, 0.3) is 5.56 Å². The summed E-state index contributed by atoms with van der Waals surface area (Å²) in [5, 5.41) is 7.26. The third-order valence-corrected chi connectivity index (χ3v) is 2.23. The van der Waals surface area contributed by atoms with E-state index in [2.05, 4.69) is 20.2 Å². The highest BCUT2D eigenvalue weighted by Crippen LogP contribution is 2.18. The lowest BCUT2D eigenvalue weighted by atomic mass is 10.2. The quantitative estimate of drug-likeness (QED) is 0.545. The third kappa shape index (κ3) is 0.806. The van der Waals surface area contributed by atoms with Crippen LogP contribution in [0.25, 0.3) is 21.8 Å². The second-order valence-electron chi connectivity index (χ2n) is 3.02. The van der Waals surface area contributed by atoms with Crippen molar-refractivity contribution in [3.63, 3.8) is 0 Å². The van der Waals surface area contributed by atoms with E-state index in [1.54, 1.807) is 12.3 Å². The zero-order valence-corrected chi connectivity index (χ0v) is 7.11. The number of nitrogens with one attached hydrogen (secondary N) is 2. The summed E-state index contributed by atoms with van der Waals surface area (Å²) in [5.74, 6) is 0. The van der Waals surface area contributed by atoms with E-state index in [1.165, 1.54) is 6.33 Å². The van der Waals surface area contributed by atoms with Gasteiger partial charge in [0.05, 0.1) is 16.4 Å². The van der Waals surface area contributed by atoms with Crippen LogP contribution in [0, 0.1) is 0 Å². The fourth-order valence-electron chi connectivity index (χ4n) is 1.57. The number of benzene rings is 1. The molecule has 0 radical (unpaired) electrons. The summed E-state index contributed by atoms with van der Waals surface area (Å²) in [6, 6.07) is 3.56. The molecule has 1 aromatic carbocycles. The van der Waals surface area contributed by atoms with Crippen LogP contribution in [-0.2, 0) is 0 Å². The first-order chi connectivity index (χ1) is 6.86. The van der Waals surface area contributed by atoms with Crippen molar-refractivity contribution in [1.82, 2.24) is 20.2 Å². The van der Waals surface area contributed by atoms with Crippen LogP contribution in [0.2, 0.25) is 0 Å². The number of H-pyrrole nitrogens is 2. The van der Waals surface area contributed by atoms with Crippen LogP contribution in [0.4, 0.5) is 0 Å². The van der Waals surface area contributed by atoms with Crippen LogP contribution in [0.15, 0.2) is 29.5 Å². The van der Waals surface area contributed by atoms with E-state index < -0.39 is 0 Å². The molecular weight excluding hydrogens is 180 g/mol. The first kappa shape index (κ1) is 7.25. The molecule has 0 bridgehead atoms. The summed E-state index contributed by atoms with van der Waals surface area (Å²) in [7, 11) is 0.